The number of rotatable bonds is 4. The van der Waals surface area contributed by atoms with E-state index in [-0.39, 0.29) is 6.04 Å². The van der Waals surface area contributed by atoms with E-state index in [0.29, 0.717) is 5.92 Å². The highest BCUT2D eigenvalue weighted by atomic mass is 19.2. The molecular weight excluding hydrogens is 308 g/mol. The van der Waals surface area contributed by atoms with Crippen LogP contribution in [0.4, 0.5) is 20.2 Å². The lowest BCUT2D eigenvalue weighted by Gasteiger charge is -2.27. The molecule has 1 aromatic rings. The Hall–Kier alpha value is -2.25. The van der Waals surface area contributed by atoms with Crippen molar-refractivity contribution in [3.05, 3.63) is 33.4 Å². The van der Waals surface area contributed by atoms with Crippen LogP contribution in [0.3, 0.4) is 0 Å². The molecule has 2 rings (SSSR count). The Labute approximate surface area is 132 Å². The molecule has 0 heterocycles. The first kappa shape index (κ1) is 17.1. The highest BCUT2D eigenvalue weighted by Crippen LogP contribution is 2.31. The van der Waals surface area contributed by atoms with E-state index < -0.39 is 39.4 Å². The van der Waals surface area contributed by atoms with Gasteiger partial charge in [0.25, 0.3) is 11.6 Å². The van der Waals surface area contributed by atoms with Crippen molar-refractivity contribution in [2.75, 3.05) is 12.4 Å². The molecule has 23 heavy (non-hydrogen) atoms. The molecule has 1 aromatic carbocycles. The Morgan fingerprint density at radius 3 is 2.39 bits per heavy atom. The fourth-order valence-electron chi connectivity index (χ4n) is 2.83. The van der Waals surface area contributed by atoms with E-state index in [1.54, 1.807) is 0 Å². The van der Waals surface area contributed by atoms with Crippen molar-refractivity contribution < 1.29 is 18.5 Å². The molecule has 0 unspecified atom stereocenters. The van der Waals surface area contributed by atoms with Crippen molar-refractivity contribution in [1.29, 1.82) is 0 Å². The van der Waals surface area contributed by atoms with E-state index >= 15 is 0 Å². The van der Waals surface area contributed by atoms with Crippen molar-refractivity contribution in [2.24, 2.45) is 5.92 Å². The first-order valence-electron chi connectivity index (χ1n) is 7.50. The van der Waals surface area contributed by atoms with Crippen LogP contribution in [0, 0.1) is 27.7 Å². The van der Waals surface area contributed by atoms with Gasteiger partial charge in [0.15, 0.2) is 17.3 Å². The standard InChI is InChI=1S/C15H19F2N3O3/c1-8-3-5-9(6-4-8)19-15(21)10-7-11(20(22)23)14(18-2)13(17)12(10)16/h7-9,18H,3-6H2,1-2H3,(H,19,21)/t8-,9-. The second-order valence-electron chi connectivity index (χ2n) is 5.88. The molecule has 1 aliphatic carbocycles. The minimum atomic E-state index is -1.43. The summed E-state index contributed by atoms with van der Waals surface area (Å²) in [5.41, 5.74) is -1.89. The minimum Gasteiger partial charge on any atom is -0.380 e. The van der Waals surface area contributed by atoms with Gasteiger partial charge in [-0.25, -0.2) is 8.78 Å². The van der Waals surface area contributed by atoms with Crippen molar-refractivity contribution in [1.82, 2.24) is 5.32 Å². The molecule has 0 aromatic heterocycles. The molecule has 1 fully saturated rings. The lowest BCUT2D eigenvalue weighted by atomic mass is 9.87. The number of halogens is 2. The number of benzene rings is 1. The molecule has 8 heteroatoms. The average Bonchev–Trinajstić information content (AvgIpc) is 2.51. The number of hydrogen-bond acceptors (Lipinski definition) is 4. The Morgan fingerprint density at radius 1 is 1.26 bits per heavy atom. The van der Waals surface area contributed by atoms with Crippen LogP contribution in [0.2, 0.25) is 0 Å². The van der Waals surface area contributed by atoms with Gasteiger partial charge in [0.1, 0.15) is 0 Å². The van der Waals surface area contributed by atoms with Gasteiger partial charge in [0, 0.05) is 19.2 Å². The summed E-state index contributed by atoms with van der Waals surface area (Å²) in [5.74, 6) is -3.06. The maximum absolute atomic E-state index is 14.1. The molecule has 0 saturated heterocycles. The zero-order valence-corrected chi connectivity index (χ0v) is 13.0. The van der Waals surface area contributed by atoms with Crippen molar-refractivity contribution in [2.45, 2.75) is 38.6 Å². The number of nitrogens with one attached hydrogen (secondary N) is 2. The van der Waals surface area contributed by atoms with Crippen LogP contribution in [0.1, 0.15) is 43.0 Å². The van der Waals surface area contributed by atoms with E-state index in [9.17, 15) is 23.7 Å². The zero-order chi connectivity index (χ0) is 17.1. The lowest BCUT2D eigenvalue weighted by molar-refractivity contribution is -0.384. The van der Waals surface area contributed by atoms with E-state index in [1.807, 2.05) is 0 Å². The van der Waals surface area contributed by atoms with Gasteiger partial charge in [-0.1, -0.05) is 6.92 Å². The van der Waals surface area contributed by atoms with E-state index in [1.165, 1.54) is 7.05 Å². The second kappa shape index (κ2) is 6.89. The van der Waals surface area contributed by atoms with Crippen LogP contribution in [0.15, 0.2) is 6.07 Å². The van der Waals surface area contributed by atoms with Gasteiger partial charge in [-0.15, -0.1) is 0 Å². The summed E-state index contributed by atoms with van der Waals surface area (Å²) in [6.45, 7) is 2.12. The van der Waals surface area contributed by atoms with Crippen molar-refractivity contribution >= 4 is 17.3 Å². The number of hydrogen-bond donors (Lipinski definition) is 2. The monoisotopic (exact) mass is 327 g/mol. The number of carbonyl (C=O) groups excluding carboxylic acids is 1. The normalized spacial score (nSPS) is 20.9. The predicted octanol–water partition coefficient (Wildman–Crippen LogP) is 3.22. The Kier molecular flexibility index (Phi) is 5.12. The molecule has 2 N–H and O–H groups in total. The first-order valence-corrected chi connectivity index (χ1v) is 7.50. The SMILES string of the molecule is CNc1c([N+](=O)[O-])cc(C(=O)N[C@H]2CC[C@H](C)CC2)c(F)c1F. The van der Waals surface area contributed by atoms with E-state index in [2.05, 4.69) is 17.6 Å². The Bertz CT molecular complexity index is 629. The minimum absolute atomic E-state index is 0.121. The van der Waals surface area contributed by atoms with E-state index in [0.717, 1.165) is 31.7 Å². The number of nitro groups is 1. The van der Waals surface area contributed by atoms with Crippen LogP contribution >= 0.6 is 0 Å². The van der Waals surface area contributed by atoms with Crippen LogP contribution < -0.4 is 10.6 Å². The largest absolute Gasteiger partial charge is 0.380 e. The molecular formula is C15H19F2N3O3. The van der Waals surface area contributed by atoms with Crippen molar-refractivity contribution in [3.63, 3.8) is 0 Å². The van der Waals surface area contributed by atoms with Gasteiger partial charge in [0.05, 0.1) is 10.5 Å². The van der Waals surface area contributed by atoms with Gasteiger partial charge < -0.3 is 10.6 Å². The number of nitro benzene ring substituents is 1. The third kappa shape index (κ3) is 3.57. The fourth-order valence-corrected chi connectivity index (χ4v) is 2.83. The number of carbonyl (C=O) groups is 1. The van der Waals surface area contributed by atoms with Crippen LogP contribution in [-0.4, -0.2) is 23.9 Å². The molecule has 0 bridgehead atoms. The first-order chi connectivity index (χ1) is 10.8. The van der Waals surface area contributed by atoms with Gasteiger partial charge in [-0.05, 0) is 31.6 Å². The molecule has 6 nitrogen and oxygen atoms in total. The van der Waals surface area contributed by atoms with Gasteiger partial charge in [-0.3, -0.25) is 14.9 Å². The molecule has 126 valence electrons. The number of nitrogens with zero attached hydrogens (tertiary/aromatic N) is 1. The highest BCUT2D eigenvalue weighted by molar-refractivity contribution is 5.96. The molecule has 0 spiro atoms. The summed E-state index contributed by atoms with van der Waals surface area (Å²) in [4.78, 5) is 22.3. The molecule has 0 radical (unpaired) electrons. The van der Waals surface area contributed by atoms with Gasteiger partial charge >= 0.3 is 0 Å². The van der Waals surface area contributed by atoms with Gasteiger partial charge in [0.2, 0.25) is 0 Å². The summed E-state index contributed by atoms with van der Waals surface area (Å²) in [6.07, 6.45) is 3.41. The molecule has 0 atom stereocenters. The van der Waals surface area contributed by atoms with Gasteiger partial charge in [-0.2, -0.15) is 0 Å². The molecule has 1 saturated carbocycles. The third-order valence-corrected chi connectivity index (χ3v) is 4.23. The zero-order valence-electron chi connectivity index (χ0n) is 13.0. The average molecular weight is 327 g/mol. The lowest BCUT2D eigenvalue weighted by Crippen LogP contribution is -2.37. The van der Waals surface area contributed by atoms with Crippen LogP contribution in [-0.2, 0) is 0 Å². The number of anilines is 1. The van der Waals surface area contributed by atoms with Crippen LogP contribution in [0.5, 0.6) is 0 Å². The predicted molar refractivity (Wildman–Crippen MR) is 81.4 cm³/mol. The molecule has 1 aliphatic rings. The topological polar surface area (TPSA) is 84.3 Å². The molecule has 1 amide bonds. The maximum Gasteiger partial charge on any atom is 0.296 e. The summed E-state index contributed by atoms with van der Waals surface area (Å²) in [7, 11) is 1.24. The maximum atomic E-state index is 14.1. The van der Waals surface area contributed by atoms with Crippen LogP contribution in [0.25, 0.3) is 0 Å². The second-order valence-corrected chi connectivity index (χ2v) is 5.88. The summed E-state index contributed by atoms with van der Waals surface area (Å²) in [5, 5.41) is 15.9. The third-order valence-electron chi connectivity index (χ3n) is 4.23. The Balaban J connectivity index is 2.28. The Morgan fingerprint density at radius 2 is 1.87 bits per heavy atom. The molecule has 0 aliphatic heterocycles. The smallest absolute Gasteiger partial charge is 0.296 e. The number of amides is 1. The quantitative estimate of drug-likeness (QED) is 0.657. The highest BCUT2D eigenvalue weighted by Gasteiger charge is 2.29. The van der Waals surface area contributed by atoms with Crippen molar-refractivity contribution in [3.8, 4) is 0 Å². The summed E-state index contributed by atoms with van der Waals surface area (Å²) in [6, 6.07) is 0.648. The fraction of sp³-hybridized carbons (Fsp3) is 0.533. The summed E-state index contributed by atoms with van der Waals surface area (Å²) < 4.78 is 28.0. The summed E-state index contributed by atoms with van der Waals surface area (Å²) >= 11 is 0. The van der Waals surface area contributed by atoms with E-state index in [4.69, 9.17) is 0 Å².